The fourth-order valence-corrected chi connectivity index (χ4v) is 3.86. The van der Waals surface area contributed by atoms with Crippen molar-refractivity contribution in [1.29, 1.82) is 0 Å². The van der Waals surface area contributed by atoms with Crippen molar-refractivity contribution in [2.75, 3.05) is 4.90 Å². The molecule has 0 aromatic heterocycles. The van der Waals surface area contributed by atoms with Crippen molar-refractivity contribution in [2.24, 2.45) is 0 Å². The van der Waals surface area contributed by atoms with Crippen LogP contribution >= 0.6 is 0 Å². The maximum absolute atomic E-state index is 13.2. The predicted octanol–water partition coefficient (Wildman–Crippen LogP) is 7.47. The molecule has 1 unspecified atom stereocenters. The second-order valence-electron chi connectivity index (χ2n) is 7.48. The Morgan fingerprint density at radius 2 is 1.32 bits per heavy atom. The molecule has 1 nitrogen and oxygen atoms in total. The van der Waals surface area contributed by atoms with E-state index in [2.05, 4.69) is 0 Å². The molecule has 31 heavy (non-hydrogen) atoms. The molecule has 0 fully saturated rings. The number of alkyl halides is 9. The van der Waals surface area contributed by atoms with Gasteiger partial charge in [-0.1, -0.05) is 6.92 Å². The molecule has 0 radical (unpaired) electrons. The summed E-state index contributed by atoms with van der Waals surface area (Å²) in [5, 5.41) is 0. The van der Waals surface area contributed by atoms with Crippen LogP contribution in [0.2, 0.25) is 0 Å². The second kappa shape index (κ2) is 7.94. The van der Waals surface area contributed by atoms with E-state index < -0.39 is 35.2 Å². The second-order valence-corrected chi connectivity index (χ2v) is 7.48. The third-order valence-corrected chi connectivity index (χ3v) is 5.38. The molecule has 2 aromatic rings. The van der Waals surface area contributed by atoms with Gasteiger partial charge in [-0.05, 0) is 66.8 Å². The highest BCUT2D eigenvalue weighted by Gasteiger charge is 2.38. The predicted molar refractivity (Wildman–Crippen MR) is 96.5 cm³/mol. The Labute approximate surface area is 172 Å². The molecule has 10 heteroatoms. The number of fused-ring (bicyclic) bond motifs is 1. The van der Waals surface area contributed by atoms with Crippen LogP contribution in [-0.4, -0.2) is 6.04 Å². The lowest BCUT2D eigenvalue weighted by Crippen LogP contribution is -2.38. The van der Waals surface area contributed by atoms with E-state index >= 15 is 0 Å². The molecule has 1 aliphatic heterocycles. The number of nitrogens with zero attached hydrogens (tertiary/aromatic N) is 1. The van der Waals surface area contributed by atoms with Gasteiger partial charge >= 0.3 is 18.5 Å². The molecule has 0 saturated carbocycles. The Hall–Kier alpha value is -2.39. The van der Waals surface area contributed by atoms with Crippen LogP contribution in [0.1, 0.15) is 47.6 Å². The van der Waals surface area contributed by atoms with Gasteiger partial charge in [-0.3, -0.25) is 0 Å². The first-order chi connectivity index (χ1) is 14.2. The van der Waals surface area contributed by atoms with Crippen molar-refractivity contribution in [3.8, 4) is 0 Å². The summed E-state index contributed by atoms with van der Waals surface area (Å²) in [5.74, 6) is 0. The van der Waals surface area contributed by atoms with Crippen molar-refractivity contribution in [3.05, 3.63) is 64.2 Å². The van der Waals surface area contributed by atoms with Gasteiger partial charge in [0.1, 0.15) is 0 Å². The van der Waals surface area contributed by atoms with Crippen LogP contribution in [-0.2, 0) is 31.5 Å². The van der Waals surface area contributed by atoms with Gasteiger partial charge in [-0.15, -0.1) is 0 Å². The summed E-state index contributed by atoms with van der Waals surface area (Å²) >= 11 is 0. The molecule has 0 N–H and O–H groups in total. The zero-order valence-electron chi connectivity index (χ0n) is 16.2. The molecule has 3 rings (SSSR count). The van der Waals surface area contributed by atoms with Gasteiger partial charge < -0.3 is 4.90 Å². The van der Waals surface area contributed by atoms with Gasteiger partial charge in [-0.25, -0.2) is 0 Å². The molecule has 0 amide bonds. The van der Waals surface area contributed by atoms with Crippen molar-refractivity contribution < 1.29 is 39.5 Å². The van der Waals surface area contributed by atoms with Gasteiger partial charge in [0, 0.05) is 18.3 Å². The standard InChI is InChI=1S/C21H18F9N/c1-2-17-5-3-13-9-14(19(22,23)24)4-6-18(13)31(17)11-12-7-15(20(25,26)27)10-16(8-12)21(28,29)30/h4,6-10,17H,2-3,5,11H2,1H3. The molecule has 0 saturated heterocycles. The minimum absolute atomic E-state index is 0.0561. The number of benzene rings is 2. The molecule has 1 heterocycles. The minimum atomic E-state index is -4.97. The summed E-state index contributed by atoms with van der Waals surface area (Å²) in [6.45, 7) is 1.52. The Balaban J connectivity index is 2.05. The lowest BCUT2D eigenvalue weighted by atomic mass is 9.92. The highest BCUT2D eigenvalue weighted by molar-refractivity contribution is 5.58. The monoisotopic (exact) mass is 455 g/mol. The topological polar surface area (TPSA) is 3.24 Å². The lowest BCUT2D eigenvalue weighted by Gasteiger charge is -2.39. The molecule has 0 bridgehead atoms. The average molecular weight is 455 g/mol. The average Bonchev–Trinajstić information content (AvgIpc) is 2.65. The Morgan fingerprint density at radius 1 is 0.774 bits per heavy atom. The Bertz CT molecular complexity index is 909. The van der Waals surface area contributed by atoms with Gasteiger partial charge in [-0.2, -0.15) is 39.5 Å². The first kappa shape index (κ1) is 23.3. The maximum atomic E-state index is 13.2. The zero-order chi connectivity index (χ0) is 23.2. The van der Waals surface area contributed by atoms with E-state index in [1.165, 1.54) is 6.07 Å². The summed E-state index contributed by atoms with van der Waals surface area (Å²) in [7, 11) is 0. The van der Waals surface area contributed by atoms with E-state index in [1.807, 2.05) is 0 Å². The molecule has 1 atom stereocenters. The number of hydrogen-bond acceptors (Lipinski definition) is 1. The minimum Gasteiger partial charge on any atom is -0.364 e. The normalized spacial score (nSPS) is 17.6. The number of halogens is 9. The van der Waals surface area contributed by atoms with Crippen LogP contribution < -0.4 is 4.90 Å². The van der Waals surface area contributed by atoms with Crippen molar-refractivity contribution in [2.45, 2.75) is 57.3 Å². The van der Waals surface area contributed by atoms with Crippen molar-refractivity contribution in [1.82, 2.24) is 0 Å². The summed E-state index contributed by atoms with van der Waals surface area (Å²) in [6.07, 6.45) is -13.2. The van der Waals surface area contributed by atoms with Crippen molar-refractivity contribution >= 4 is 5.69 Å². The molecular weight excluding hydrogens is 437 g/mol. The largest absolute Gasteiger partial charge is 0.416 e. The SMILES string of the molecule is CCC1CCc2cc(C(F)(F)F)ccc2N1Cc1cc(C(F)(F)F)cc(C(F)(F)F)c1. The summed E-state index contributed by atoms with van der Waals surface area (Å²) < 4.78 is 118. The first-order valence-corrected chi connectivity index (χ1v) is 9.45. The number of rotatable bonds is 3. The molecule has 1 aliphatic rings. The molecule has 2 aromatic carbocycles. The smallest absolute Gasteiger partial charge is 0.364 e. The van der Waals surface area contributed by atoms with Crippen LogP contribution in [0.15, 0.2) is 36.4 Å². The third-order valence-electron chi connectivity index (χ3n) is 5.38. The fraction of sp³-hybridized carbons (Fsp3) is 0.429. The molecule has 170 valence electrons. The summed E-state index contributed by atoms with van der Waals surface area (Å²) in [6, 6.07) is 4.23. The number of hydrogen-bond donors (Lipinski definition) is 0. The van der Waals surface area contributed by atoms with E-state index in [-0.39, 0.29) is 24.2 Å². The third kappa shape index (κ3) is 5.10. The van der Waals surface area contributed by atoms with Gasteiger partial charge in [0.15, 0.2) is 0 Å². The molecular formula is C21H18F9N. The van der Waals surface area contributed by atoms with Crippen LogP contribution in [0.4, 0.5) is 45.2 Å². The van der Waals surface area contributed by atoms with Crippen LogP contribution in [0, 0.1) is 0 Å². The molecule has 0 spiro atoms. The zero-order valence-corrected chi connectivity index (χ0v) is 16.2. The maximum Gasteiger partial charge on any atom is 0.416 e. The van der Waals surface area contributed by atoms with E-state index in [0.29, 0.717) is 42.6 Å². The van der Waals surface area contributed by atoms with Crippen LogP contribution in [0.5, 0.6) is 0 Å². The van der Waals surface area contributed by atoms with Gasteiger partial charge in [0.05, 0.1) is 16.7 Å². The van der Waals surface area contributed by atoms with Crippen LogP contribution in [0.3, 0.4) is 0 Å². The quantitative estimate of drug-likeness (QED) is 0.434. The Morgan fingerprint density at radius 3 is 1.81 bits per heavy atom. The number of aryl methyl sites for hydroxylation is 1. The van der Waals surface area contributed by atoms with E-state index in [0.717, 1.165) is 12.1 Å². The Kier molecular flexibility index (Phi) is 5.96. The van der Waals surface area contributed by atoms with Gasteiger partial charge in [0.25, 0.3) is 0 Å². The van der Waals surface area contributed by atoms with Crippen molar-refractivity contribution in [3.63, 3.8) is 0 Å². The highest BCUT2D eigenvalue weighted by Crippen LogP contribution is 2.40. The number of anilines is 1. The fourth-order valence-electron chi connectivity index (χ4n) is 3.86. The summed E-state index contributed by atoms with van der Waals surface area (Å²) in [5.41, 5.74) is -3.16. The van der Waals surface area contributed by atoms with Crippen LogP contribution in [0.25, 0.3) is 0 Å². The van der Waals surface area contributed by atoms with Gasteiger partial charge in [0.2, 0.25) is 0 Å². The van der Waals surface area contributed by atoms with E-state index in [4.69, 9.17) is 0 Å². The summed E-state index contributed by atoms with van der Waals surface area (Å²) in [4.78, 5) is 1.59. The first-order valence-electron chi connectivity index (χ1n) is 9.45. The van der Waals surface area contributed by atoms with E-state index in [1.54, 1.807) is 11.8 Å². The highest BCUT2D eigenvalue weighted by atomic mass is 19.4. The van der Waals surface area contributed by atoms with E-state index in [9.17, 15) is 39.5 Å². The lowest BCUT2D eigenvalue weighted by molar-refractivity contribution is -0.143. The molecule has 0 aliphatic carbocycles.